The Morgan fingerprint density at radius 1 is 1.07 bits per heavy atom. The second kappa shape index (κ2) is 6.67. The maximum absolute atomic E-state index is 13.4. The Labute approximate surface area is 166 Å². The molecule has 0 aliphatic heterocycles. The molecule has 0 aliphatic carbocycles. The van der Waals surface area contributed by atoms with Crippen molar-refractivity contribution in [3.63, 3.8) is 0 Å². The SMILES string of the molecule is CCCn1c(C)c(C)n2c3c(=O)n(Cc4ccccc4Cl)c(=O)n(C)c3nc12. The third-order valence-corrected chi connectivity index (χ3v) is 5.73. The number of aromatic nitrogens is 5. The number of aryl methyl sites for hydroxylation is 3. The summed E-state index contributed by atoms with van der Waals surface area (Å²) in [7, 11) is 1.64. The first kappa shape index (κ1) is 18.6. The Balaban J connectivity index is 2.08. The van der Waals surface area contributed by atoms with Crippen molar-refractivity contribution < 1.29 is 0 Å². The maximum Gasteiger partial charge on any atom is 0.332 e. The number of benzene rings is 1. The van der Waals surface area contributed by atoms with Gasteiger partial charge >= 0.3 is 5.69 Å². The Bertz CT molecular complexity index is 1340. The van der Waals surface area contributed by atoms with Gasteiger partial charge < -0.3 is 4.57 Å². The van der Waals surface area contributed by atoms with Crippen molar-refractivity contribution in [3.05, 3.63) is 67.1 Å². The molecule has 146 valence electrons. The molecule has 0 fully saturated rings. The number of hydrogen-bond acceptors (Lipinski definition) is 3. The first-order valence-corrected chi connectivity index (χ1v) is 9.65. The van der Waals surface area contributed by atoms with Gasteiger partial charge in [0.05, 0.1) is 6.54 Å². The van der Waals surface area contributed by atoms with E-state index in [1.54, 1.807) is 13.1 Å². The van der Waals surface area contributed by atoms with Crippen LogP contribution in [0.15, 0.2) is 33.9 Å². The first-order chi connectivity index (χ1) is 13.4. The predicted molar refractivity (Wildman–Crippen MR) is 111 cm³/mol. The molecule has 0 atom stereocenters. The van der Waals surface area contributed by atoms with E-state index in [9.17, 15) is 9.59 Å². The number of imidazole rings is 2. The fourth-order valence-corrected chi connectivity index (χ4v) is 3.94. The van der Waals surface area contributed by atoms with Crippen LogP contribution in [0.5, 0.6) is 0 Å². The molecule has 3 aromatic heterocycles. The minimum atomic E-state index is -0.408. The van der Waals surface area contributed by atoms with Gasteiger partial charge in [0, 0.05) is 30.0 Å². The van der Waals surface area contributed by atoms with Crippen LogP contribution in [0.4, 0.5) is 0 Å². The lowest BCUT2D eigenvalue weighted by atomic mass is 10.2. The summed E-state index contributed by atoms with van der Waals surface area (Å²) in [5, 5.41) is 0.524. The smallest absolute Gasteiger partial charge is 0.314 e. The number of rotatable bonds is 4. The standard InChI is InChI=1S/C20H22ClN5O2/c1-5-10-24-12(2)13(3)26-16-17(22-19(24)26)23(4)20(28)25(18(16)27)11-14-8-6-7-9-15(14)21/h6-9H,5,10-11H2,1-4H3. The molecular weight excluding hydrogens is 378 g/mol. The Hall–Kier alpha value is -2.80. The monoisotopic (exact) mass is 399 g/mol. The van der Waals surface area contributed by atoms with E-state index in [4.69, 9.17) is 11.6 Å². The summed E-state index contributed by atoms with van der Waals surface area (Å²) in [6.07, 6.45) is 0.948. The maximum atomic E-state index is 13.4. The molecule has 0 saturated heterocycles. The molecule has 0 saturated carbocycles. The fourth-order valence-electron chi connectivity index (χ4n) is 3.74. The van der Waals surface area contributed by atoms with Gasteiger partial charge in [-0.15, -0.1) is 0 Å². The molecule has 0 N–H and O–H groups in total. The van der Waals surface area contributed by atoms with Gasteiger partial charge in [0.1, 0.15) is 0 Å². The topological polar surface area (TPSA) is 66.2 Å². The Kier molecular flexibility index (Phi) is 4.42. The molecule has 0 unspecified atom stereocenters. The predicted octanol–water partition coefficient (Wildman–Crippen LogP) is 2.88. The lowest BCUT2D eigenvalue weighted by Crippen LogP contribution is -2.39. The van der Waals surface area contributed by atoms with E-state index in [-0.39, 0.29) is 12.1 Å². The van der Waals surface area contributed by atoms with Gasteiger partial charge in [-0.3, -0.25) is 18.3 Å². The molecule has 4 rings (SSSR count). The lowest BCUT2D eigenvalue weighted by molar-refractivity contribution is 0.655. The van der Waals surface area contributed by atoms with Crippen LogP contribution < -0.4 is 11.2 Å². The average Bonchev–Trinajstić information content (AvgIpc) is 3.17. The fraction of sp³-hybridized carbons (Fsp3) is 0.350. The average molecular weight is 400 g/mol. The van der Waals surface area contributed by atoms with Crippen molar-refractivity contribution in [3.8, 4) is 0 Å². The number of hydrogen-bond donors (Lipinski definition) is 0. The minimum absolute atomic E-state index is 0.113. The van der Waals surface area contributed by atoms with E-state index in [2.05, 4.69) is 16.5 Å². The molecule has 8 heteroatoms. The molecule has 0 bridgehead atoms. The minimum Gasteiger partial charge on any atom is -0.314 e. The highest BCUT2D eigenvalue weighted by Crippen LogP contribution is 2.21. The number of halogens is 1. The molecular formula is C20H22ClN5O2. The molecule has 28 heavy (non-hydrogen) atoms. The van der Waals surface area contributed by atoms with E-state index in [1.807, 2.05) is 36.4 Å². The highest BCUT2D eigenvalue weighted by atomic mass is 35.5. The zero-order valence-electron chi connectivity index (χ0n) is 16.4. The van der Waals surface area contributed by atoms with Crippen LogP contribution in [0.3, 0.4) is 0 Å². The van der Waals surface area contributed by atoms with Crippen LogP contribution in [0.1, 0.15) is 30.3 Å². The zero-order chi connectivity index (χ0) is 20.2. The van der Waals surface area contributed by atoms with Gasteiger partial charge in [0.2, 0.25) is 5.78 Å². The summed E-state index contributed by atoms with van der Waals surface area (Å²) in [4.78, 5) is 30.9. The van der Waals surface area contributed by atoms with Crippen LogP contribution in [0.2, 0.25) is 5.02 Å². The van der Waals surface area contributed by atoms with Gasteiger partial charge in [-0.25, -0.2) is 4.79 Å². The highest BCUT2D eigenvalue weighted by molar-refractivity contribution is 6.31. The summed E-state index contributed by atoms with van der Waals surface area (Å²) in [6, 6.07) is 7.22. The van der Waals surface area contributed by atoms with Crippen molar-refractivity contribution in [1.82, 2.24) is 23.1 Å². The third kappa shape index (κ3) is 2.53. The molecule has 0 spiro atoms. The molecule has 1 aromatic carbocycles. The Morgan fingerprint density at radius 3 is 2.46 bits per heavy atom. The van der Waals surface area contributed by atoms with Crippen LogP contribution >= 0.6 is 11.6 Å². The Morgan fingerprint density at radius 2 is 1.79 bits per heavy atom. The largest absolute Gasteiger partial charge is 0.332 e. The number of fused-ring (bicyclic) bond motifs is 3. The molecule has 0 amide bonds. The van der Waals surface area contributed by atoms with Crippen molar-refractivity contribution in [2.75, 3.05) is 0 Å². The van der Waals surface area contributed by atoms with Crippen LogP contribution in [0, 0.1) is 13.8 Å². The second-order valence-electron chi connectivity index (χ2n) is 7.07. The molecule has 0 radical (unpaired) electrons. The van der Waals surface area contributed by atoms with Gasteiger partial charge in [0.25, 0.3) is 5.56 Å². The van der Waals surface area contributed by atoms with Crippen LogP contribution in [-0.2, 0) is 20.1 Å². The van der Waals surface area contributed by atoms with Gasteiger partial charge in [-0.1, -0.05) is 36.7 Å². The molecule has 0 aliphatic rings. The highest BCUT2D eigenvalue weighted by Gasteiger charge is 2.22. The third-order valence-electron chi connectivity index (χ3n) is 5.36. The zero-order valence-corrected chi connectivity index (χ0v) is 17.1. The van der Waals surface area contributed by atoms with Gasteiger partial charge in [-0.2, -0.15) is 4.98 Å². The van der Waals surface area contributed by atoms with E-state index < -0.39 is 5.69 Å². The quantitative estimate of drug-likeness (QED) is 0.530. The summed E-state index contributed by atoms with van der Waals surface area (Å²) < 4.78 is 6.62. The van der Waals surface area contributed by atoms with E-state index in [0.717, 1.165) is 29.9 Å². The van der Waals surface area contributed by atoms with Crippen LogP contribution in [-0.4, -0.2) is 23.1 Å². The summed E-state index contributed by atoms with van der Waals surface area (Å²) in [5.74, 6) is 0.689. The molecule has 7 nitrogen and oxygen atoms in total. The lowest BCUT2D eigenvalue weighted by Gasteiger charge is -2.09. The molecule has 3 heterocycles. The summed E-state index contributed by atoms with van der Waals surface area (Å²) >= 11 is 6.25. The number of nitrogens with zero attached hydrogens (tertiary/aromatic N) is 5. The summed E-state index contributed by atoms with van der Waals surface area (Å²) in [6.45, 7) is 7.00. The van der Waals surface area contributed by atoms with Gasteiger partial charge in [0.15, 0.2) is 11.2 Å². The summed E-state index contributed by atoms with van der Waals surface area (Å²) in [5.41, 5.74) is 2.79. The van der Waals surface area contributed by atoms with Crippen molar-refractivity contribution >= 4 is 28.5 Å². The van der Waals surface area contributed by atoms with Crippen molar-refractivity contribution in [1.29, 1.82) is 0 Å². The normalized spacial score (nSPS) is 11.8. The second-order valence-corrected chi connectivity index (χ2v) is 7.47. The van der Waals surface area contributed by atoms with E-state index in [0.29, 0.717) is 22.0 Å². The van der Waals surface area contributed by atoms with Gasteiger partial charge in [-0.05, 0) is 31.9 Å². The molecule has 4 aromatic rings. The van der Waals surface area contributed by atoms with E-state index in [1.165, 1.54) is 9.13 Å². The van der Waals surface area contributed by atoms with E-state index >= 15 is 0 Å². The van der Waals surface area contributed by atoms with Crippen LogP contribution in [0.25, 0.3) is 16.9 Å². The van der Waals surface area contributed by atoms with Crippen molar-refractivity contribution in [2.24, 2.45) is 7.05 Å². The first-order valence-electron chi connectivity index (χ1n) is 9.27. The van der Waals surface area contributed by atoms with Crippen molar-refractivity contribution in [2.45, 2.75) is 40.3 Å².